The van der Waals surface area contributed by atoms with Crippen LogP contribution in [-0.4, -0.2) is 4.98 Å². The Morgan fingerprint density at radius 2 is 1.78 bits per heavy atom. The molecule has 2 aromatic rings. The van der Waals surface area contributed by atoms with Crippen molar-refractivity contribution in [2.24, 2.45) is 0 Å². The summed E-state index contributed by atoms with van der Waals surface area (Å²) in [6.07, 6.45) is 7.32. The van der Waals surface area contributed by atoms with E-state index in [9.17, 15) is 0 Å². The Morgan fingerprint density at radius 3 is 2.56 bits per heavy atom. The lowest BCUT2D eigenvalue weighted by molar-refractivity contribution is 0.724. The molecule has 0 radical (unpaired) electrons. The highest BCUT2D eigenvalue weighted by Crippen LogP contribution is 2.39. The van der Waals surface area contributed by atoms with Gasteiger partial charge >= 0.3 is 0 Å². The van der Waals surface area contributed by atoms with E-state index in [-0.39, 0.29) is 0 Å². The van der Waals surface area contributed by atoms with Crippen molar-refractivity contribution in [3.8, 4) is 11.3 Å². The highest BCUT2D eigenvalue weighted by atomic mass is 14.7. The van der Waals surface area contributed by atoms with Gasteiger partial charge in [-0.3, -0.25) is 4.98 Å². The lowest BCUT2D eigenvalue weighted by atomic mass is 9.90. The van der Waals surface area contributed by atoms with Gasteiger partial charge in [-0.15, -0.1) is 0 Å². The van der Waals surface area contributed by atoms with Gasteiger partial charge in [-0.2, -0.15) is 0 Å². The Labute approximate surface area is 109 Å². The van der Waals surface area contributed by atoms with Crippen LogP contribution in [0.15, 0.2) is 42.6 Å². The van der Waals surface area contributed by atoms with Gasteiger partial charge in [-0.05, 0) is 42.9 Å². The van der Waals surface area contributed by atoms with E-state index in [1.807, 2.05) is 12.3 Å². The molecule has 1 aromatic carbocycles. The van der Waals surface area contributed by atoms with Crippen molar-refractivity contribution in [3.05, 3.63) is 53.7 Å². The molecule has 1 fully saturated rings. The van der Waals surface area contributed by atoms with E-state index in [2.05, 4.69) is 42.2 Å². The molecule has 1 aromatic heterocycles. The molecule has 1 heteroatoms. The number of rotatable bonds is 2. The first kappa shape index (κ1) is 11.5. The maximum atomic E-state index is 4.58. The molecule has 0 amide bonds. The number of nitrogens with zero attached hydrogens (tertiary/aromatic N) is 1. The van der Waals surface area contributed by atoms with Crippen LogP contribution in [-0.2, 0) is 0 Å². The Hall–Kier alpha value is -1.63. The van der Waals surface area contributed by atoms with E-state index >= 15 is 0 Å². The van der Waals surface area contributed by atoms with E-state index in [1.165, 1.54) is 42.4 Å². The van der Waals surface area contributed by atoms with Gasteiger partial charge in [0.15, 0.2) is 0 Å². The predicted octanol–water partition coefficient (Wildman–Crippen LogP) is 4.71. The molecular weight excluding hydrogens is 218 g/mol. The van der Waals surface area contributed by atoms with Crippen molar-refractivity contribution >= 4 is 0 Å². The summed E-state index contributed by atoms with van der Waals surface area (Å²) in [7, 11) is 0. The van der Waals surface area contributed by atoms with Crippen LogP contribution < -0.4 is 0 Å². The molecule has 0 saturated heterocycles. The van der Waals surface area contributed by atoms with Crippen LogP contribution >= 0.6 is 0 Å². The Kier molecular flexibility index (Phi) is 3.14. The van der Waals surface area contributed by atoms with Gasteiger partial charge in [0, 0.05) is 11.8 Å². The first-order chi connectivity index (χ1) is 8.86. The number of aromatic nitrogens is 1. The minimum Gasteiger partial charge on any atom is -0.256 e. The van der Waals surface area contributed by atoms with Crippen LogP contribution in [0.3, 0.4) is 0 Å². The third-order valence-electron chi connectivity index (χ3n) is 4.02. The van der Waals surface area contributed by atoms with Crippen molar-refractivity contribution < 1.29 is 0 Å². The molecule has 0 atom stereocenters. The van der Waals surface area contributed by atoms with Crippen molar-refractivity contribution in [1.82, 2.24) is 4.98 Å². The molecule has 3 rings (SSSR count). The average Bonchev–Trinajstić information content (AvgIpc) is 2.93. The fraction of sp³-hybridized carbons (Fsp3) is 0.353. The fourth-order valence-corrected chi connectivity index (χ4v) is 3.07. The highest BCUT2D eigenvalue weighted by molar-refractivity contribution is 5.67. The van der Waals surface area contributed by atoms with Crippen LogP contribution in [0.5, 0.6) is 0 Å². The Morgan fingerprint density at radius 1 is 1.00 bits per heavy atom. The molecule has 0 spiro atoms. The number of pyridine rings is 1. The molecule has 0 N–H and O–H groups in total. The normalized spacial score (nSPS) is 16.1. The van der Waals surface area contributed by atoms with Crippen molar-refractivity contribution in [1.29, 1.82) is 0 Å². The molecule has 1 aliphatic rings. The van der Waals surface area contributed by atoms with Crippen LogP contribution in [0.4, 0.5) is 0 Å². The van der Waals surface area contributed by atoms with Crippen LogP contribution in [0.2, 0.25) is 0 Å². The predicted molar refractivity (Wildman–Crippen MR) is 75.6 cm³/mol. The van der Waals surface area contributed by atoms with E-state index in [0.717, 1.165) is 11.6 Å². The smallest absolute Gasteiger partial charge is 0.0733 e. The maximum Gasteiger partial charge on any atom is 0.0733 e. The van der Waals surface area contributed by atoms with Gasteiger partial charge in [-0.1, -0.05) is 43.2 Å². The average molecular weight is 237 g/mol. The summed E-state index contributed by atoms with van der Waals surface area (Å²) in [5.74, 6) is 0.739. The Balaban J connectivity index is 2.09. The first-order valence-corrected chi connectivity index (χ1v) is 6.87. The minimum absolute atomic E-state index is 0.739. The van der Waals surface area contributed by atoms with Gasteiger partial charge in [0.2, 0.25) is 0 Å². The summed E-state index contributed by atoms with van der Waals surface area (Å²) < 4.78 is 0. The fourth-order valence-electron chi connectivity index (χ4n) is 3.07. The highest BCUT2D eigenvalue weighted by Gasteiger charge is 2.20. The molecule has 0 unspecified atom stereocenters. The topological polar surface area (TPSA) is 12.9 Å². The van der Waals surface area contributed by atoms with Crippen LogP contribution in [0.25, 0.3) is 11.3 Å². The molecule has 1 nitrogen and oxygen atoms in total. The maximum absolute atomic E-state index is 4.58. The quantitative estimate of drug-likeness (QED) is 0.736. The van der Waals surface area contributed by atoms with E-state index in [4.69, 9.17) is 0 Å². The van der Waals surface area contributed by atoms with E-state index in [1.54, 1.807) is 0 Å². The molecule has 1 aliphatic carbocycles. The molecule has 1 saturated carbocycles. The van der Waals surface area contributed by atoms with Gasteiger partial charge in [0.05, 0.1) is 5.69 Å². The van der Waals surface area contributed by atoms with Crippen LogP contribution in [0.1, 0.15) is 42.7 Å². The molecule has 18 heavy (non-hydrogen) atoms. The Bertz CT molecular complexity index is 539. The summed E-state index contributed by atoms with van der Waals surface area (Å²) >= 11 is 0. The van der Waals surface area contributed by atoms with Crippen molar-refractivity contribution in [2.45, 2.75) is 38.5 Å². The third kappa shape index (κ3) is 2.05. The monoisotopic (exact) mass is 237 g/mol. The van der Waals surface area contributed by atoms with Gasteiger partial charge in [0.25, 0.3) is 0 Å². The second-order valence-electron chi connectivity index (χ2n) is 5.24. The molecular formula is C17H19N. The first-order valence-electron chi connectivity index (χ1n) is 6.87. The molecule has 0 aliphatic heterocycles. The number of benzene rings is 1. The lowest BCUT2D eigenvalue weighted by Crippen LogP contribution is -1.98. The lowest BCUT2D eigenvalue weighted by Gasteiger charge is -2.16. The summed E-state index contributed by atoms with van der Waals surface area (Å²) in [6.45, 7) is 2.15. The second-order valence-corrected chi connectivity index (χ2v) is 5.24. The molecule has 1 heterocycles. The summed E-state index contributed by atoms with van der Waals surface area (Å²) in [4.78, 5) is 4.58. The standard InChI is InChI=1S/C17H19N/c1-13-7-6-12-18-17(13)16-11-5-4-10-15(16)14-8-2-3-9-14/h4-7,10-12,14H,2-3,8-9H2,1H3. The second kappa shape index (κ2) is 4.93. The number of aryl methyl sites for hydroxylation is 1. The molecule has 92 valence electrons. The van der Waals surface area contributed by atoms with Gasteiger partial charge in [0.1, 0.15) is 0 Å². The molecule has 0 bridgehead atoms. The zero-order valence-electron chi connectivity index (χ0n) is 10.9. The minimum atomic E-state index is 0.739. The van der Waals surface area contributed by atoms with Gasteiger partial charge in [-0.25, -0.2) is 0 Å². The summed E-state index contributed by atoms with van der Waals surface area (Å²) in [6, 6.07) is 13.0. The zero-order valence-corrected chi connectivity index (χ0v) is 10.9. The van der Waals surface area contributed by atoms with E-state index in [0.29, 0.717) is 0 Å². The van der Waals surface area contributed by atoms with Crippen molar-refractivity contribution in [2.75, 3.05) is 0 Å². The number of hydrogen-bond acceptors (Lipinski definition) is 1. The van der Waals surface area contributed by atoms with Gasteiger partial charge < -0.3 is 0 Å². The van der Waals surface area contributed by atoms with Crippen LogP contribution in [0, 0.1) is 6.92 Å². The summed E-state index contributed by atoms with van der Waals surface area (Å²) in [5, 5.41) is 0. The largest absolute Gasteiger partial charge is 0.256 e. The third-order valence-corrected chi connectivity index (χ3v) is 4.02. The summed E-state index contributed by atoms with van der Waals surface area (Å²) in [5.41, 5.74) is 5.25. The SMILES string of the molecule is Cc1cccnc1-c1ccccc1C1CCCC1. The number of hydrogen-bond donors (Lipinski definition) is 0. The van der Waals surface area contributed by atoms with Crippen molar-refractivity contribution in [3.63, 3.8) is 0 Å². The zero-order chi connectivity index (χ0) is 12.4. The van der Waals surface area contributed by atoms with E-state index < -0.39 is 0 Å².